The van der Waals surface area contributed by atoms with Crippen molar-refractivity contribution < 1.29 is 18.7 Å². The lowest BCUT2D eigenvalue weighted by atomic mass is 10.1. The number of morpholine rings is 1. The Balaban J connectivity index is 1.62. The largest absolute Gasteiger partial charge is 0.481 e. The van der Waals surface area contributed by atoms with Gasteiger partial charge in [-0.15, -0.1) is 0 Å². The molecule has 7 heteroatoms. The van der Waals surface area contributed by atoms with Gasteiger partial charge in [0.15, 0.2) is 18.2 Å². The molecule has 0 N–H and O–H groups in total. The molecule has 0 bridgehead atoms. The second-order valence-electron chi connectivity index (χ2n) is 5.62. The molecule has 1 aliphatic rings. The van der Waals surface area contributed by atoms with Crippen LogP contribution in [0, 0.1) is 5.82 Å². The van der Waals surface area contributed by atoms with Crippen molar-refractivity contribution in [3.8, 4) is 5.75 Å². The van der Waals surface area contributed by atoms with Crippen molar-refractivity contribution in [1.29, 1.82) is 0 Å². The number of hydrogen-bond donors (Lipinski definition) is 0. The third kappa shape index (κ3) is 4.63. The third-order valence-corrected chi connectivity index (χ3v) is 4.30. The van der Waals surface area contributed by atoms with E-state index in [-0.39, 0.29) is 24.4 Å². The number of hydrogen-bond acceptors (Lipinski definition) is 3. The van der Waals surface area contributed by atoms with Crippen molar-refractivity contribution in [3.63, 3.8) is 0 Å². The summed E-state index contributed by atoms with van der Waals surface area (Å²) in [6.07, 6.45) is -0.317. The molecule has 1 fully saturated rings. The Morgan fingerprint density at radius 1 is 1.24 bits per heavy atom. The van der Waals surface area contributed by atoms with Gasteiger partial charge in [0.1, 0.15) is 6.10 Å². The average Bonchev–Trinajstić information content (AvgIpc) is 2.60. The van der Waals surface area contributed by atoms with Crippen LogP contribution in [0.4, 0.5) is 4.39 Å². The number of ether oxygens (including phenoxy) is 2. The minimum Gasteiger partial charge on any atom is -0.481 e. The molecule has 1 aliphatic heterocycles. The van der Waals surface area contributed by atoms with Crippen molar-refractivity contribution in [2.75, 3.05) is 26.3 Å². The second-order valence-corrected chi connectivity index (χ2v) is 6.49. The lowest BCUT2D eigenvalue weighted by Crippen LogP contribution is -2.44. The minimum atomic E-state index is -0.497. The molecular weight excluding hydrogens is 368 g/mol. The van der Waals surface area contributed by atoms with Crippen LogP contribution in [0.2, 0.25) is 10.0 Å². The van der Waals surface area contributed by atoms with Crippen molar-refractivity contribution in [2.24, 2.45) is 0 Å². The molecule has 2 aromatic carbocycles. The van der Waals surface area contributed by atoms with E-state index in [1.54, 1.807) is 35.2 Å². The first-order chi connectivity index (χ1) is 12.0. The van der Waals surface area contributed by atoms with E-state index in [9.17, 15) is 9.18 Å². The summed E-state index contributed by atoms with van der Waals surface area (Å²) in [6, 6.07) is 11.2. The van der Waals surface area contributed by atoms with Gasteiger partial charge in [-0.25, -0.2) is 4.39 Å². The van der Waals surface area contributed by atoms with Crippen LogP contribution >= 0.6 is 23.2 Å². The average molecular weight is 384 g/mol. The van der Waals surface area contributed by atoms with Gasteiger partial charge in [0.25, 0.3) is 5.91 Å². The number of rotatable bonds is 4. The third-order valence-electron chi connectivity index (χ3n) is 3.86. The number of halogens is 3. The maximum atomic E-state index is 13.5. The molecule has 0 saturated carbocycles. The topological polar surface area (TPSA) is 38.8 Å². The van der Waals surface area contributed by atoms with Gasteiger partial charge >= 0.3 is 0 Å². The molecule has 2 aromatic rings. The highest BCUT2D eigenvalue weighted by Crippen LogP contribution is 2.28. The lowest BCUT2D eigenvalue weighted by molar-refractivity contribution is -0.141. The molecule has 0 aromatic heterocycles. The quantitative estimate of drug-likeness (QED) is 0.797. The highest BCUT2D eigenvalue weighted by molar-refractivity contribution is 6.34. The van der Waals surface area contributed by atoms with Gasteiger partial charge in [-0.2, -0.15) is 0 Å². The van der Waals surface area contributed by atoms with Crippen molar-refractivity contribution in [3.05, 3.63) is 63.9 Å². The van der Waals surface area contributed by atoms with Crippen LogP contribution < -0.4 is 4.74 Å². The molecule has 1 amide bonds. The molecule has 3 rings (SSSR count). The Labute approximate surface area is 155 Å². The van der Waals surface area contributed by atoms with E-state index in [0.717, 1.165) is 5.56 Å². The number of benzene rings is 2. The summed E-state index contributed by atoms with van der Waals surface area (Å²) < 4.78 is 24.6. The van der Waals surface area contributed by atoms with Crippen molar-refractivity contribution in [1.82, 2.24) is 4.90 Å². The summed E-state index contributed by atoms with van der Waals surface area (Å²) in [7, 11) is 0. The van der Waals surface area contributed by atoms with E-state index in [0.29, 0.717) is 29.7 Å². The molecule has 1 heterocycles. The smallest absolute Gasteiger partial charge is 0.260 e. The predicted octanol–water partition coefficient (Wildman–Crippen LogP) is 4.11. The van der Waals surface area contributed by atoms with Gasteiger partial charge in [-0.05, 0) is 35.9 Å². The first-order valence-electron chi connectivity index (χ1n) is 7.75. The summed E-state index contributed by atoms with van der Waals surface area (Å²) >= 11 is 12.0. The highest BCUT2D eigenvalue weighted by Gasteiger charge is 2.26. The van der Waals surface area contributed by atoms with Crippen molar-refractivity contribution >= 4 is 29.1 Å². The van der Waals surface area contributed by atoms with Crippen LogP contribution in [0.15, 0.2) is 42.5 Å². The van der Waals surface area contributed by atoms with Crippen molar-refractivity contribution in [2.45, 2.75) is 6.10 Å². The fourth-order valence-electron chi connectivity index (χ4n) is 2.63. The predicted molar refractivity (Wildman–Crippen MR) is 93.6 cm³/mol. The summed E-state index contributed by atoms with van der Waals surface area (Å²) in [5.41, 5.74) is 0.810. The standard InChI is InChI=1S/C18H16Cl2FNO3/c19-13-7-12(8-14(20)9-13)17-10-22(5-6-24-17)18(23)11-25-16-4-2-1-3-15(16)21/h1-4,7-9,17H,5-6,10-11H2. The molecule has 0 radical (unpaired) electrons. The van der Waals surface area contributed by atoms with Gasteiger partial charge in [0.2, 0.25) is 0 Å². The summed E-state index contributed by atoms with van der Waals surface area (Å²) in [5.74, 6) is -0.671. The SMILES string of the molecule is O=C(COc1ccccc1F)N1CCOC(c2cc(Cl)cc(Cl)c2)C1. The van der Waals surface area contributed by atoms with Crippen LogP contribution in [0.1, 0.15) is 11.7 Å². The van der Waals surface area contributed by atoms with Crippen LogP contribution in [0.3, 0.4) is 0 Å². The maximum absolute atomic E-state index is 13.5. The zero-order chi connectivity index (χ0) is 17.8. The van der Waals surface area contributed by atoms with E-state index in [4.69, 9.17) is 32.7 Å². The van der Waals surface area contributed by atoms with Gasteiger partial charge in [-0.3, -0.25) is 4.79 Å². The van der Waals surface area contributed by atoms with Crippen LogP contribution in [0.25, 0.3) is 0 Å². The number of para-hydroxylation sites is 1. The second kappa shape index (κ2) is 8.04. The molecule has 1 unspecified atom stereocenters. The summed E-state index contributed by atoms with van der Waals surface area (Å²) in [4.78, 5) is 14.0. The molecule has 1 atom stereocenters. The lowest BCUT2D eigenvalue weighted by Gasteiger charge is -2.33. The molecule has 0 aliphatic carbocycles. The van der Waals surface area contributed by atoms with Gasteiger partial charge in [0.05, 0.1) is 13.2 Å². The van der Waals surface area contributed by atoms with E-state index >= 15 is 0 Å². The maximum Gasteiger partial charge on any atom is 0.260 e. The Bertz CT molecular complexity index is 751. The van der Waals surface area contributed by atoms with E-state index in [1.807, 2.05) is 0 Å². The Morgan fingerprint density at radius 2 is 1.96 bits per heavy atom. The zero-order valence-corrected chi connectivity index (χ0v) is 14.8. The highest BCUT2D eigenvalue weighted by atomic mass is 35.5. The molecule has 4 nitrogen and oxygen atoms in total. The molecular formula is C18H16Cl2FNO3. The van der Waals surface area contributed by atoms with Gasteiger partial charge in [-0.1, -0.05) is 35.3 Å². The van der Waals surface area contributed by atoms with Gasteiger partial charge < -0.3 is 14.4 Å². The zero-order valence-electron chi connectivity index (χ0n) is 13.3. The first kappa shape index (κ1) is 18.0. The van der Waals surface area contributed by atoms with E-state index in [2.05, 4.69) is 0 Å². The first-order valence-corrected chi connectivity index (χ1v) is 8.51. The molecule has 0 spiro atoms. The Morgan fingerprint density at radius 3 is 2.68 bits per heavy atom. The van der Waals surface area contributed by atoms with Crippen LogP contribution in [0.5, 0.6) is 5.75 Å². The minimum absolute atomic E-state index is 0.0577. The summed E-state index contributed by atoms with van der Waals surface area (Å²) in [5, 5.41) is 1.02. The Hall–Kier alpha value is -1.82. The normalized spacial score (nSPS) is 17.4. The number of carbonyl (C=O) groups excluding carboxylic acids is 1. The van der Waals surface area contributed by atoms with E-state index in [1.165, 1.54) is 12.1 Å². The fourth-order valence-corrected chi connectivity index (χ4v) is 3.17. The van der Waals surface area contributed by atoms with Crippen LogP contribution in [-0.2, 0) is 9.53 Å². The molecule has 25 heavy (non-hydrogen) atoms. The van der Waals surface area contributed by atoms with Gasteiger partial charge in [0, 0.05) is 16.6 Å². The van der Waals surface area contributed by atoms with E-state index < -0.39 is 5.82 Å². The van der Waals surface area contributed by atoms with Crippen LogP contribution in [-0.4, -0.2) is 37.1 Å². The number of carbonyl (C=O) groups is 1. The monoisotopic (exact) mass is 383 g/mol. The Kier molecular flexibility index (Phi) is 5.78. The molecule has 132 valence electrons. The number of nitrogens with zero attached hydrogens (tertiary/aromatic N) is 1. The fraction of sp³-hybridized carbons (Fsp3) is 0.278. The summed E-state index contributed by atoms with van der Waals surface area (Å²) in [6.45, 7) is 0.963. The number of amides is 1. The molecule has 1 saturated heterocycles.